The van der Waals surface area contributed by atoms with Crippen molar-refractivity contribution in [2.45, 2.75) is 6.54 Å². The van der Waals surface area contributed by atoms with Crippen molar-refractivity contribution in [2.24, 2.45) is 0 Å². The van der Waals surface area contributed by atoms with Gasteiger partial charge in [-0.25, -0.2) is 0 Å². The molecule has 0 bridgehead atoms. The van der Waals surface area contributed by atoms with Crippen molar-refractivity contribution in [3.8, 4) is 6.07 Å². The van der Waals surface area contributed by atoms with Crippen molar-refractivity contribution in [2.75, 3.05) is 7.05 Å². The Morgan fingerprint density at radius 2 is 2.58 bits per heavy atom. The van der Waals surface area contributed by atoms with Crippen LogP contribution in [0.25, 0.3) is 0 Å². The average molecular weight is 180 g/mol. The monoisotopic (exact) mass is 180 g/mol. The van der Waals surface area contributed by atoms with Gasteiger partial charge in [-0.15, -0.1) is 11.3 Å². The minimum Gasteiger partial charge on any atom is -0.328 e. The molecule has 0 atom stereocenters. The van der Waals surface area contributed by atoms with Crippen LogP contribution in [0.15, 0.2) is 17.5 Å². The fourth-order valence-corrected chi connectivity index (χ4v) is 1.55. The number of thiophene rings is 1. The summed E-state index contributed by atoms with van der Waals surface area (Å²) in [7, 11) is 1.62. The Kier molecular flexibility index (Phi) is 2.83. The van der Waals surface area contributed by atoms with E-state index in [0.717, 1.165) is 4.88 Å². The lowest BCUT2D eigenvalue weighted by molar-refractivity contribution is -0.124. The van der Waals surface area contributed by atoms with E-state index >= 15 is 0 Å². The summed E-state index contributed by atoms with van der Waals surface area (Å²) >= 11 is 1.58. The number of nitrogens with zero attached hydrogens (tertiary/aromatic N) is 2. The Morgan fingerprint density at radius 1 is 1.83 bits per heavy atom. The second-order valence-electron chi connectivity index (χ2n) is 2.35. The van der Waals surface area contributed by atoms with Crippen molar-refractivity contribution < 1.29 is 4.79 Å². The van der Waals surface area contributed by atoms with Crippen LogP contribution in [0.2, 0.25) is 0 Å². The number of hydrogen-bond donors (Lipinski definition) is 0. The molecule has 1 heterocycles. The Labute approximate surface area is 74.8 Å². The minimum absolute atomic E-state index is 0.497. The molecule has 0 radical (unpaired) electrons. The maximum atomic E-state index is 10.8. The zero-order chi connectivity index (χ0) is 8.97. The van der Waals surface area contributed by atoms with Gasteiger partial charge in [0.25, 0.3) is 0 Å². The number of carbonyl (C=O) groups excluding carboxylic acids is 1. The van der Waals surface area contributed by atoms with Crippen LogP contribution < -0.4 is 0 Å². The predicted octanol–water partition coefficient (Wildman–Crippen LogP) is 1.23. The van der Waals surface area contributed by atoms with Gasteiger partial charge in [-0.05, 0) is 11.4 Å². The summed E-state index contributed by atoms with van der Waals surface area (Å²) in [6.45, 7) is 0.518. The van der Waals surface area contributed by atoms with Crippen LogP contribution in [0.3, 0.4) is 0 Å². The lowest BCUT2D eigenvalue weighted by Crippen LogP contribution is -2.23. The standard InChI is InChI=1S/C8H8N2OS/c1-10(8(11)5-9)6-7-3-2-4-12-7/h2-4H,6H2,1H3. The third-order valence-corrected chi connectivity index (χ3v) is 2.28. The molecule has 62 valence electrons. The Bertz CT molecular complexity index is 299. The lowest BCUT2D eigenvalue weighted by atomic mass is 10.4. The molecule has 0 aliphatic heterocycles. The normalized spacial score (nSPS) is 9.00. The van der Waals surface area contributed by atoms with Gasteiger partial charge in [0.15, 0.2) is 6.07 Å². The van der Waals surface area contributed by atoms with Crippen LogP contribution in [0.4, 0.5) is 0 Å². The Hall–Kier alpha value is -1.34. The van der Waals surface area contributed by atoms with Crippen molar-refractivity contribution >= 4 is 17.2 Å². The van der Waals surface area contributed by atoms with Crippen molar-refractivity contribution in [1.82, 2.24) is 4.90 Å². The number of nitriles is 1. The molecule has 0 aliphatic rings. The number of carbonyl (C=O) groups is 1. The van der Waals surface area contributed by atoms with E-state index in [1.54, 1.807) is 24.5 Å². The van der Waals surface area contributed by atoms with E-state index in [1.165, 1.54) is 4.90 Å². The van der Waals surface area contributed by atoms with Gasteiger partial charge in [-0.3, -0.25) is 4.79 Å². The van der Waals surface area contributed by atoms with E-state index in [0.29, 0.717) is 6.54 Å². The first kappa shape index (κ1) is 8.75. The molecule has 1 aromatic rings. The molecule has 0 N–H and O–H groups in total. The fourth-order valence-electron chi connectivity index (χ4n) is 0.793. The molecular weight excluding hydrogens is 172 g/mol. The van der Waals surface area contributed by atoms with E-state index in [-0.39, 0.29) is 0 Å². The highest BCUT2D eigenvalue weighted by Crippen LogP contribution is 2.10. The first-order valence-electron chi connectivity index (χ1n) is 3.41. The summed E-state index contributed by atoms with van der Waals surface area (Å²) in [5.74, 6) is -0.497. The molecular formula is C8H8N2OS. The van der Waals surface area contributed by atoms with Crippen LogP contribution in [0, 0.1) is 11.3 Å². The maximum absolute atomic E-state index is 10.8. The molecule has 0 aliphatic carbocycles. The van der Waals surface area contributed by atoms with Crippen molar-refractivity contribution in [3.05, 3.63) is 22.4 Å². The quantitative estimate of drug-likeness (QED) is 0.642. The molecule has 0 saturated carbocycles. The average Bonchev–Trinajstić information content (AvgIpc) is 2.55. The largest absolute Gasteiger partial charge is 0.328 e. The van der Waals surface area contributed by atoms with Crippen LogP contribution in [-0.4, -0.2) is 17.9 Å². The number of rotatable bonds is 2. The highest BCUT2D eigenvalue weighted by molar-refractivity contribution is 7.09. The number of hydrogen-bond acceptors (Lipinski definition) is 3. The molecule has 0 unspecified atom stereocenters. The molecule has 1 amide bonds. The second-order valence-corrected chi connectivity index (χ2v) is 3.38. The SMILES string of the molecule is CN(Cc1cccs1)C(=O)C#N. The first-order valence-corrected chi connectivity index (χ1v) is 4.29. The minimum atomic E-state index is -0.497. The van der Waals surface area contributed by atoms with Gasteiger partial charge in [-0.2, -0.15) is 5.26 Å². The van der Waals surface area contributed by atoms with Crippen molar-refractivity contribution in [3.63, 3.8) is 0 Å². The summed E-state index contributed by atoms with van der Waals surface area (Å²) in [5, 5.41) is 10.2. The molecule has 0 aromatic carbocycles. The molecule has 12 heavy (non-hydrogen) atoms. The maximum Gasteiger partial charge on any atom is 0.325 e. The van der Waals surface area contributed by atoms with Crippen LogP contribution in [-0.2, 0) is 11.3 Å². The van der Waals surface area contributed by atoms with Crippen molar-refractivity contribution in [1.29, 1.82) is 5.26 Å². The molecule has 3 nitrogen and oxygen atoms in total. The summed E-state index contributed by atoms with van der Waals surface area (Å²) in [6.07, 6.45) is 0. The smallest absolute Gasteiger partial charge is 0.325 e. The third-order valence-electron chi connectivity index (χ3n) is 1.42. The number of amides is 1. The molecule has 0 fully saturated rings. The fraction of sp³-hybridized carbons (Fsp3) is 0.250. The van der Waals surface area contributed by atoms with E-state index in [2.05, 4.69) is 0 Å². The van der Waals surface area contributed by atoms with Gasteiger partial charge < -0.3 is 4.90 Å². The van der Waals surface area contributed by atoms with Gasteiger partial charge in [0.05, 0.1) is 6.54 Å². The zero-order valence-corrected chi connectivity index (χ0v) is 7.47. The van der Waals surface area contributed by atoms with Gasteiger partial charge in [0.2, 0.25) is 0 Å². The Balaban J connectivity index is 2.54. The van der Waals surface area contributed by atoms with Gasteiger partial charge >= 0.3 is 5.91 Å². The summed E-state index contributed by atoms with van der Waals surface area (Å²) in [4.78, 5) is 13.3. The van der Waals surface area contributed by atoms with Gasteiger partial charge in [-0.1, -0.05) is 6.07 Å². The van der Waals surface area contributed by atoms with Gasteiger partial charge in [0, 0.05) is 11.9 Å². The molecule has 1 aromatic heterocycles. The summed E-state index contributed by atoms with van der Waals surface area (Å²) in [5.41, 5.74) is 0. The van der Waals surface area contributed by atoms with Crippen LogP contribution in [0.1, 0.15) is 4.88 Å². The van der Waals surface area contributed by atoms with Gasteiger partial charge in [0.1, 0.15) is 0 Å². The Morgan fingerprint density at radius 3 is 3.08 bits per heavy atom. The summed E-state index contributed by atoms with van der Waals surface area (Å²) < 4.78 is 0. The van der Waals surface area contributed by atoms with Crippen LogP contribution >= 0.6 is 11.3 Å². The lowest BCUT2D eigenvalue weighted by Gasteiger charge is -2.10. The van der Waals surface area contributed by atoms with E-state index < -0.39 is 5.91 Å². The first-order chi connectivity index (χ1) is 5.74. The molecule has 0 saturated heterocycles. The van der Waals surface area contributed by atoms with E-state index in [1.807, 2.05) is 17.5 Å². The highest BCUT2D eigenvalue weighted by atomic mass is 32.1. The summed E-state index contributed by atoms with van der Waals surface area (Å²) in [6, 6.07) is 5.43. The van der Waals surface area contributed by atoms with E-state index in [4.69, 9.17) is 5.26 Å². The third kappa shape index (κ3) is 2.07. The highest BCUT2D eigenvalue weighted by Gasteiger charge is 2.07. The molecule has 0 spiro atoms. The second kappa shape index (κ2) is 3.88. The predicted molar refractivity (Wildman–Crippen MR) is 46.4 cm³/mol. The zero-order valence-electron chi connectivity index (χ0n) is 6.65. The molecule has 1 rings (SSSR count). The van der Waals surface area contributed by atoms with Crippen LogP contribution in [0.5, 0.6) is 0 Å². The topological polar surface area (TPSA) is 44.1 Å². The molecule has 4 heteroatoms. The van der Waals surface area contributed by atoms with E-state index in [9.17, 15) is 4.79 Å².